The zero-order valence-electron chi connectivity index (χ0n) is 12.3. The van der Waals surface area contributed by atoms with Gasteiger partial charge in [0.15, 0.2) is 0 Å². The highest BCUT2D eigenvalue weighted by Crippen LogP contribution is 2.38. The van der Waals surface area contributed by atoms with E-state index < -0.39 is 0 Å². The van der Waals surface area contributed by atoms with E-state index in [9.17, 15) is 0 Å². The van der Waals surface area contributed by atoms with Crippen molar-refractivity contribution in [2.24, 2.45) is 5.73 Å². The highest BCUT2D eigenvalue weighted by Gasteiger charge is 2.25. The quantitative estimate of drug-likeness (QED) is 0.863. The van der Waals surface area contributed by atoms with Crippen LogP contribution in [0.4, 0.5) is 0 Å². The first kappa shape index (κ1) is 14.5. The number of fused-ring (bicyclic) bond motifs is 1. The second kappa shape index (κ2) is 6.54. The predicted molar refractivity (Wildman–Crippen MR) is 88.9 cm³/mol. The average molecular weight is 299 g/mol. The van der Waals surface area contributed by atoms with Crippen LogP contribution in [-0.2, 0) is 6.42 Å². The minimum atomic E-state index is 0.107. The highest BCUT2D eigenvalue weighted by molar-refractivity contribution is 8.00. The summed E-state index contributed by atoms with van der Waals surface area (Å²) >= 11 is 1.89. The molecule has 0 aliphatic heterocycles. The molecule has 1 aliphatic rings. The summed E-state index contributed by atoms with van der Waals surface area (Å²) in [5.41, 5.74) is 9.29. The van der Waals surface area contributed by atoms with E-state index >= 15 is 0 Å². The average Bonchev–Trinajstić information content (AvgIpc) is 2.69. The molecule has 2 N–H and O–H groups in total. The van der Waals surface area contributed by atoms with Crippen molar-refractivity contribution in [2.75, 3.05) is 7.11 Å². The van der Waals surface area contributed by atoms with Crippen molar-refractivity contribution in [3.8, 4) is 5.75 Å². The fraction of sp³-hybridized carbons (Fsp3) is 0.333. The van der Waals surface area contributed by atoms with Gasteiger partial charge in [-0.05, 0) is 54.7 Å². The van der Waals surface area contributed by atoms with E-state index in [0.29, 0.717) is 5.25 Å². The van der Waals surface area contributed by atoms with E-state index in [4.69, 9.17) is 10.5 Å². The van der Waals surface area contributed by atoms with Crippen LogP contribution in [0.25, 0.3) is 0 Å². The fourth-order valence-electron chi connectivity index (χ4n) is 2.92. The Morgan fingerprint density at radius 3 is 2.62 bits per heavy atom. The van der Waals surface area contributed by atoms with Crippen LogP contribution in [0.5, 0.6) is 5.75 Å². The number of rotatable bonds is 3. The molecule has 2 aromatic carbocycles. The third-order valence-corrected chi connectivity index (χ3v) is 5.47. The van der Waals surface area contributed by atoms with Crippen molar-refractivity contribution in [1.29, 1.82) is 0 Å². The minimum absolute atomic E-state index is 0.107. The van der Waals surface area contributed by atoms with E-state index in [1.807, 2.05) is 23.9 Å². The Balaban J connectivity index is 1.78. The van der Waals surface area contributed by atoms with Gasteiger partial charge in [0.25, 0.3) is 0 Å². The van der Waals surface area contributed by atoms with Crippen molar-refractivity contribution in [1.82, 2.24) is 0 Å². The van der Waals surface area contributed by atoms with Crippen LogP contribution in [0.3, 0.4) is 0 Å². The van der Waals surface area contributed by atoms with E-state index in [-0.39, 0.29) is 6.04 Å². The molecule has 21 heavy (non-hydrogen) atoms. The van der Waals surface area contributed by atoms with E-state index in [1.54, 1.807) is 7.11 Å². The molecule has 2 unspecified atom stereocenters. The van der Waals surface area contributed by atoms with Gasteiger partial charge in [-0.25, -0.2) is 0 Å². The summed E-state index contributed by atoms with van der Waals surface area (Å²) in [4.78, 5) is 1.26. The Labute approximate surface area is 130 Å². The van der Waals surface area contributed by atoms with Gasteiger partial charge < -0.3 is 10.5 Å². The van der Waals surface area contributed by atoms with Crippen molar-refractivity contribution in [3.05, 3.63) is 59.7 Å². The second-order valence-electron chi connectivity index (χ2n) is 5.45. The summed E-state index contributed by atoms with van der Waals surface area (Å²) in [5.74, 6) is 0.898. The first-order chi connectivity index (χ1) is 10.3. The smallest absolute Gasteiger partial charge is 0.118 e. The summed E-state index contributed by atoms with van der Waals surface area (Å²) in [6.45, 7) is 0. The normalized spacial score (nSPS) is 21.4. The Morgan fingerprint density at radius 1 is 1.10 bits per heavy atom. The molecule has 0 fully saturated rings. The van der Waals surface area contributed by atoms with Crippen molar-refractivity contribution in [2.45, 2.75) is 35.4 Å². The summed E-state index contributed by atoms with van der Waals surface area (Å²) in [5, 5.41) is 0.432. The van der Waals surface area contributed by atoms with Gasteiger partial charge in [0, 0.05) is 16.2 Å². The molecule has 1 aliphatic carbocycles. The lowest BCUT2D eigenvalue weighted by Gasteiger charge is -2.22. The van der Waals surface area contributed by atoms with Crippen LogP contribution in [0, 0.1) is 0 Å². The van der Waals surface area contributed by atoms with Crippen LogP contribution in [0.15, 0.2) is 53.4 Å². The maximum absolute atomic E-state index is 6.55. The van der Waals surface area contributed by atoms with E-state index in [0.717, 1.165) is 18.6 Å². The van der Waals surface area contributed by atoms with Gasteiger partial charge >= 0.3 is 0 Å². The van der Waals surface area contributed by atoms with Crippen molar-refractivity contribution in [3.63, 3.8) is 0 Å². The molecule has 0 spiro atoms. The third-order valence-electron chi connectivity index (χ3n) is 4.10. The fourth-order valence-corrected chi connectivity index (χ4v) is 4.14. The first-order valence-electron chi connectivity index (χ1n) is 7.42. The summed E-state index contributed by atoms with van der Waals surface area (Å²) < 4.78 is 5.21. The van der Waals surface area contributed by atoms with Crippen LogP contribution in [0.1, 0.15) is 30.0 Å². The first-order valence-corrected chi connectivity index (χ1v) is 8.30. The van der Waals surface area contributed by atoms with Crippen molar-refractivity contribution < 1.29 is 4.74 Å². The predicted octanol–water partition coefficient (Wildman–Crippen LogP) is 4.19. The third kappa shape index (κ3) is 3.25. The number of benzene rings is 2. The number of ether oxygens (including phenoxy) is 1. The number of hydrogen-bond acceptors (Lipinski definition) is 3. The summed E-state index contributed by atoms with van der Waals surface area (Å²) in [7, 11) is 1.69. The lowest BCUT2D eigenvalue weighted by atomic mass is 10.00. The monoisotopic (exact) mass is 299 g/mol. The topological polar surface area (TPSA) is 35.2 Å². The number of methoxy groups -OCH3 is 1. The SMILES string of the molecule is COc1ccc(SC2CCCc3ccccc3C2N)cc1. The van der Waals surface area contributed by atoms with Gasteiger partial charge in [0.05, 0.1) is 7.11 Å². The molecular formula is C18H21NOS. The molecule has 110 valence electrons. The van der Waals surface area contributed by atoms with Crippen LogP contribution in [0.2, 0.25) is 0 Å². The standard InChI is InChI=1S/C18H21NOS/c1-20-14-9-11-15(12-10-14)21-17-8-4-6-13-5-2-3-7-16(13)18(17)19/h2-3,5,7,9-12,17-18H,4,6,8,19H2,1H3. The molecule has 0 radical (unpaired) electrons. The maximum Gasteiger partial charge on any atom is 0.118 e. The lowest BCUT2D eigenvalue weighted by molar-refractivity contribution is 0.414. The molecule has 0 amide bonds. The molecule has 0 aromatic heterocycles. The molecule has 3 rings (SSSR count). The zero-order valence-corrected chi connectivity index (χ0v) is 13.1. The summed E-state index contributed by atoms with van der Waals surface area (Å²) in [6, 6.07) is 17.0. The van der Waals surface area contributed by atoms with Crippen LogP contribution in [-0.4, -0.2) is 12.4 Å². The molecule has 2 aromatic rings. The molecule has 0 heterocycles. The molecule has 0 saturated carbocycles. The Morgan fingerprint density at radius 2 is 1.86 bits per heavy atom. The van der Waals surface area contributed by atoms with Gasteiger partial charge in [-0.3, -0.25) is 0 Å². The number of hydrogen-bond donors (Lipinski definition) is 1. The molecule has 2 atom stereocenters. The molecule has 3 heteroatoms. The van der Waals surface area contributed by atoms with Gasteiger partial charge in [0.1, 0.15) is 5.75 Å². The number of nitrogens with two attached hydrogens (primary N) is 1. The summed E-state index contributed by atoms with van der Waals surface area (Å²) in [6.07, 6.45) is 3.51. The Kier molecular flexibility index (Phi) is 4.51. The largest absolute Gasteiger partial charge is 0.497 e. The second-order valence-corrected chi connectivity index (χ2v) is 6.76. The Hall–Kier alpha value is -1.45. The molecule has 2 nitrogen and oxygen atoms in total. The van der Waals surface area contributed by atoms with Crippen molar-refractivity contribution >= 4 is 11.8 Å². The molecule has 0 saturated heterocycles. The molecular weight excluding hydrogens is 278 g/mol. The lowest BCUT2D eigenvalue weighted by Crippen LogP contribution is -2.23. The molecule has 0 bridgehead atoms. The van der Waals surface area contributed by atoms with Gasteiger partial charge in [0.2, 0.25) is 0 Å². The van der Waals surface area contributed by atoms with Gasteiger partial charge in [-0.15, -0.1) is 11.8 Å². The van der Waals surface area contributed by atoms with Gasteiger partial charge in [-0.1, -0.05) is 24.3 Å². The minimum Gasteiger partial charge on any atom is -0.497 e. The Bertz CT molecular complexity index is 596. The maximum atomic E-state index is 6.55. The zero-order chi connectivity index (χ0) is 14.7. The van der Waals surface area contributed by atoms with Crippen LogP contribution < -0.4 is 10.5 Å². The number of thioether (sulfide) groups is 1. The van der Waals surface area contributed by atoms with E-state index in [2.05, 4.69) is 36.4 Å². The highest BCUT2D eigenvalue weighted by atomic mass is 32.2. The van der Waals surface area contributed by atoms with E-state index in [1.165, 1.54) is 22.4 Å². The van der Waals surface area contributed by atoms with Crippen LogP contribution >= 0.6 is 11.8 Å². The number of aryl methyl sites for hydroxylation is 1. The van der Waals surface area contributed by atoms with Gasteiger partial charge in [-0.2, -0.15) is 0 Å².